The third-order valence-electron chi connectivity index (χ3n) is 4.08. The van der Waals surface area contributed by atoms with Crippen molar-refractivity contribution in [2.24, 2.45) is 0 Å². The maximum Gasteiger partial charge on any atom is 0.408 e. The lowest BCUT2D eigenvalue weighted by Crippen LogP contribution is -2.21. The van der Waals surface area contributed by atoms with Crippen LogP contribution in [-0.4, -0.2) is 16.1 Å². The summed E-state index contributed by atoms with van der Waals surface area (Å²) < 4.78 is 18.9. The number of halogens is 1. The summed E-state index contributed by atoms with van der Waals surface area (Å²) in [5.74, 6) is 5.84. The highest BCUT2D eigenvalue weighted by Gasteiger charge is 2.37. The van der Waals surface area contributed by atoms with Gasteiger partial charge in [-0.05, 0) is 41.8 Å². The Bertz CT molecular complexity index is 1040. The highest BCUT2D eigenvalue weighted by Crippen LogP contribution is 2.35. The van der Waals surface area contributed by atoms with Gasteiger partial charge in [-0.25, -0.2) is 19.2 Å². The molecular formula is C21H14FN3O2. The molecule has 1 aliphatic heterocycles. The third-order valence-corrected chi connectivity index (χ3v) is 4.08. The SMILES string of the molecule is O=C1N[C@H](c2ccnc(C#Cc3ccccc3)n2)[C@@H](c2cccc(F)c2)O1. The van der Waals surface area contributed by atoms with Crippen LogP contribution in [0.1, 0.15) is 34.8 Å². The lowest BCUT2D eigenvalue weighted by molar-refractivity contribution is 0.131. The summed E-state index contributed by atoms with van der Waals surface area (Å²) in [6, 6.07) is 16.6. The first-order valence-electron chi connectivity index (χ1n) is 8.32. The highest BCUT2D eigenvalue weighted by atomic mass is 19.1. The summed E-state index contributed by atoms with van der Waals surface area (Å²) in [5, 5.41) is 2.72. The number of cyclic esters (lactones) is 1. The van der Waals surface area contributed by atoms with E-state index >= 15 is 0 Å². The molecular weight excluding hydrogens is 345 g/mol. The molecule has 0 bridgehead atoms. The Morgan fingerprint density at radius 2 is 1.89 bits per heavy atom. The number of aromatic nitrogens is 2. The number of nitrogens with one attached hydrogen (secondary N) is 1. The summed E-state index contributed by atoms with van der Waals surface area (Å²) in [6.07, 6.45) is 0.313. The molecule has 6 heteroatoms. The fourth-order valence-electron chi connectivity index (χ4n) is 2.85. The van der Waals surface area contributed by atoms with Crippen LogP contribution in [0.15, 0.2) is 66.9 Å². The standard InChI is InChI=1S/C21H14FN3O2/c22-16-8-4-7-15(13-16)20-19(25-21(26)27-20)17-11-12-23-18(24-17)10-9-14-5-2-1-3-6-14/h1-8,11-13,19-20H,(H,25,26)/t19-,20-/m1/s1. The molecule has 3 aromatic rings. The van der Waals surface area contributed by atoms with E-state index < -0.39 is 24.1 Å². The summed E-state index contributed by atoms with van der Waals surface area (Å²) in [5.41, 5.74) is 1.94. The molecule has 1 saturated heterocycles. The number of rotatable bonds is 2. The minimum Gasteiger partial charge on any atom is -0.439 e. The Morgan fingerprint density at radius 3 is 2.70 bits per heavy atom. The van der Waals surface area contributed by atoms with E-state index in [-0.39, 0.29) is 0 Å². The zero-order valence-corrected chi connectivity index (χ0v) is 14.1. The van der Waals surface area contributed by atoms with Crippen LogP contribution in [0.25, 0.3) is 0 Å². The number of carbonyl (C=O) groups excluding carboxylic acids is 1. The van der Waals surface area contributed by atoms with Crippen LogP contribution in [0.2, 0.25) is 0 Å². The zero-order valence-electron chi connectivity index (χ0n) is 14.1. The Hall–Kier alpha value is -3.72. The van der Waals surface area contributed by atoms with Gasteiger partial charge in [0.1, 0.15) is 11.9 Å². The van der Waals surface area contributed by atoms with Gasteiger partial charge >= 0.3 is 6.09 Å². The Kier molecular flexibility index (Phi) is 4.50. The zero-order chi connectivity index (χ0) is 18.6. The van der Waals surface area contributed by atoms with E-state index in [1.165, 1.54) is 12.1 Å². The van der Waals surface area contributed by atoms with Crippen molar-refractivity contribution in [3.05, 3.63) is 95.3 Å². The Labute approximate surface area is 155 Å². The van der Waals surface area contributed by atoms with Crippen LogP contribution >= 0.6 is 0 Å². The monoisotopic (exact) mass is 359 g/mol. The number of alkyl carbamates (subject to hydrolysis) is 1. The lowest BCUT2D eigenvalue weighted by Gasteiger charge is -2.16. The average Bonchev–Trinajstić information content (AvgIpc) is 3.09. The molecule has 1 aliphatic rings. The van der Waals surface area contributed by atoms with Crippen LogP contribution in [0.4, 0.5) is 9.18 Å². The van der Waals surface area contributed by atoms with Crippen LogP contribution in [0.5, 0.6) is 0 Å². The quantitative estimate of drug-likeness (QED) is 0.711. The van der Waals surface area contributed by atoms with Gasteiger partial charge in [-0.15, -0.1) is 0 Å². The predicted molar refractivity (Wildman–Crippen MR) is 96.0 cm³/mol. The first-order chi connectivity index (χ1) is 13.2. The first kappa shape index (κ1) is 16.7. The predicted octanol–water partition coefficient (Wildman–Crippen LogP) is 3.54. The van der Waals surface area contributed by atoms with Crippen LogP contribution < -0.4 is 5.32 Å². The minimum atomic E-state index is -0.682. The molecule has 0 saturated carbocycles. The van der Waals surface area contributed by atoms with Gasteiger partial charge in [-0.2, -0.15) is 0 Å². The molecule has 0 aliphatic carbocycles. The van der Waals surface area contributed by atoms with Crippen LogP contribution in [0, 0.1) is 17.7 Å². The average molecular weight is 359 g/mol. The third kappa shape index (κ3) is 3.77. The molecule has 1 aromatic heterocycles. The number of hydrogen-bond acceptors (Lipinski definition) is 4. The van der Waals surface area contributed by atoms with Crippen molar-refractivity contribution in [1.29, 1.82) is 0 Å². The number of benzene rings is 2. The molecule has 132 valence electrons. The number of carbonyl (C=O) groups is 1. The van der Waals surface area contributed by atoms with Gasteiger partial charge in [0.2, 0.25) is 5.82 Å². The van der Waals surface area contributed by atoms with E-state index in [2.05, 4.69) is 27.1 Å². The molecule has 2 atom stereocenters. The van der Waals surface area contributed by atoms with Crippen molar-refractivity contribution in [3.63, 3.8) is 0 Å². The van der Waals surface area contributed by atoms with Crippen LogP contribution in [-0.2, 0) is 4.74 Å². The van der Waals surface area contributed by atoms with Gasteiger partial charge in [0.25, 0.3) is 0 Å². The van der Waals surface area contributed by atoms with Crippen LogP contribution in [0.3, 0.4) is 0 Å². The number of nitrogens with zero attached hydrogens (tertiary/aromatic N) is 2. The van der Waals surface area contributed by atoms with Gasteiger partial charge < -0.3 is 10.1 Å². The highest BCUT2D eigenvalue weighted by molar-refractivity contribution is 5.71. The molecule has 0 radical (unpaired) electrons. The lowest BCUT2D eigenvalue weighted by atomic mass is 10.00. The molecule has 0 unspecified atom stereocenters. The van der Waals surface area contributed by atoms with E-state index in [4.69, 9.17) is 4.74 Å². The summed E-state index contributed by atoms with van der Waals surface area (Å²) in [7, 11) is 0. The van der Waals surface area contributed by atoms with Crippen molar-refractivity contribution in [2.45, 2.75) is 12.1 Å². The van der Waals surface area contributed by atoms with Crippen molar-refractivity contribution < 1.29 is 13.9 Å². The normalized spacial score (nSPS) is 18.2. The van der Waals surface area contributed by atoms with Gasteiger partial charge in [0.05, 0.1) is 5.69 Å². The summed E-state index contributed by atoms with van der Waals surface area (Å²) in [4.78, 5) is 20.4. The molecule has 1 fully saturated rings. The molecule has 2 heterocycles. The molecule has 4 rings (SSSR count). The van der Waals surface area contributed by atoms with Gasteiger partial charge in [-0.3, -0.25) is 0 Å². The second kappa shape index (κ2) is 7.26. The molecule has 27 heavy (non-hydrogen) atoms. The molecule has 1 amide bonds. The van der Waals surface area contributed by atoms with Gasteiger partial charge in [-0.1, -0.05) is 36.3 Å². The second-order valence-electron chi connectivity index (χ2n) is 5.92. The second-order valence-corrected chi connectivity index (χ2v) is 5.92. The first-order valence-corrected chi connectivity index (χ1v) is 8.32. The van der Waals surface area contributed by atoms with E-state index in [0.29, 0.717) is 17.1 Å². The van der Waals surface area contributed by atoms with Crippen molar-refractivity contribution in [1.82, 2.24) is 15.3 Å². The minimum absolute atomic E-state index is 0.329. The summed E-state index contributed by atoms with van der Waals surface area (Å²) in [6.45, 7) is 0. The Balaban J connectivity index is 1.64. The number of hydrogen-bond donors (Lipinski definition) is 1. The van der Waals surface area contributed by atoms with Gasteiger partial charge in [0.15, 0.2) is 6.10 Å². The topological polar surface area (TPSA) is 64.1 Å². The molecule has 0 spiro atoms. The largest absolute Gasteiger partial charge is 0.439 e. The van der Waals surface area contributed by atoms with E-state index in [1.807, 2.05) is 30.3 Å². The molecule has 5 nitrogen and oxygen atoms in total. The number of amides is 1. The number of ether oxygens (including phenoxy) is 1. The van der Waals surface area contributed by atoms with Crippen molar-refractivity contribution >= 4 is 6.09 Å². The van der Waals surface area contributed by atoms with E-state index in [1.54, 1.807) is 24.4 Å². The fraction of sp³-hybridized carbons (Fsp3) is 0.0952. The summed E-state index contributed by atoms with van der Waals surface area (Å²) >= 11 is 0. The molecule has 1 N–H and O–H groups in total. The Morgan fingerprint density at radius 1 is 1.04 bits per heavy atom. The van der Waals surface area contributed by atoms with Crippen molar-refractivity contribution in [2.75, 3.05) is 0 Å². The van der Waals surface area contributed by atoms with Gasteiger partial charge in [0, 0.05) is 11.8 Å². The van der Waals surface area contributed by atoms with E-state index in [0.717, 1.165) is 5.56 Å². The molecule has 2 aromatic carbocycles. The van der Waals surface area contributed by atoms with Crippen molar-refractivity contribution in [3.8, 4) is 11.8 Å². The fourth-order valence-corrected chi connectivity index (χ4v) is 2.85. The van der Waals surface area contributed by atoms with E-state index in [9.17, 15) is 9.18 Å². The maximum absolute atomic E-state index is 13.6. The smallest absolute Gasteiger partial charge is 0.408 e. The maximum atomic E-state index is 13.6.